The van der Waals surface area contributed by atoms with E-state index in [0.717, 1.165) is 32.9 Å². The second-order valence-electron chi connectivity index (χ2n) is 8.71. The van der Waals surface area contributed by atoms with E-state index in [1.807, 2.05) is 20.8 Å². The van der Waals surface area contributed by atoms with Crippen LogP contribution in [-0.2, 0) is 35.2 Å². The van der Waals surface area contributed by atoms with Crippen molar-refractivity contribution in [3.05, 3.63) is 50.6 Å². The summed E-state index contributed by atoms with van der Waals surface area (Å²) in [5.74, 6) is 0.787. The highest BCUT2D eigenvalue weighted by Gasteiger charge is 2.37. The minimum absolute atomic E-state index is 0.314. The maximum Gasteiger partial charge on any atom is 0.416 e. The lowest BCUT2D eigenvalue weighted by Gasteiger charge is -2.38. The molecule has 1 unspecified atom stereocenters. The molecule has 1 aromatic carbocycles. The van der Waals surface area contributed by atoms with E-state index >= 15 is 0 Å². The summed E-state index contributed by atoms with van der Waals surface area (Å²) < 4.78 is 52.3. The van der Waals surface area contributed by atoms with Crippen LogP contribution in [-0.4, -0.2) is 39.8 Å². The van der Waals surface area contributed by atoms with Gasteiger partial charge >= 0.3 is 12.3 Å². The topological polar surface area (TPSA) is 56.6 Å². The SMILES string of the molecule is COCc1nc(I)c2n1CCN(C(=O)OC(C)(C)C)C2CCc1ccc(C(F)(F)F)cc1. The molecule has 0 saturated carbocycles. The Balaban J connectivity index is 1.88. The molecule has 10 heteroatoms. The highest BCUT2D eigenvalue weighted by molar-refractivity contribution is 14.1. The van der Waals surface area contributed by atoms with E-state index in [1.165, 1.54) is 12.1 Å². The van der Waals surface area contributed by atoms with E-state index in [0.29, 0.717) is 32.5 Å². The molecule has 176 valence electrons. The number of nitrogens with zero attached hydrogens (tertiary/aromatic N) is 3. The minimum Gasteiger partial charge on any atom is -0.444 e. The third-order valence-corrected chi connectivity index (χ3v) is 5.98. The number of benzene rings is 1. The molecule has 0 fully saturated rings. The summed E-state index contributed by atoms with van der Waals surface area (Å²) in [5, 5.41) is 0. The molecule has 32 heavy (non-hydrogen) atoms. The minimum atomic E-state index is -4.37. The van der Waals surface area contributed by atoms with Crippen LogP contribution in [0, 0.1) is 3.70 Å². The number of alkyl halides is 3. The highest BCUT2D eigenvalue weighted by Crippen LogP contribution is 2.35. The zero-order valence-corrected chi connectivity index (χ0v) is 20.7. The van der Waals surface area contributed by atoms with Gasteiger partial charge in [0.25, 0.3) is 0 Å². The molecule has 0 spiro atoms. The van der Waals surface area contributed by atoms with E-state index in [1.54, 1.807) is 12.0 Å². The number of methoxy groups -OCH3 is 1. The Labute approximate surface area is 199 Å². The van der Waals surface area contributed by atoms with Crippen molar-refractivity contribution < 1.29 is 27.4 Å². The number of hydrogen-bond acceptors (Lipinski definition) is 4. The Morgan fingerprint density at radius 1 is 1.19 bits per heavy atom. The van der Waals surface area contributed by atoms with Crippen LogP contribution in [0.2, 0.25) is 0 Å². The third kappa shape index (κ3) is 5.75. The lowest BCUT2D eigenvalue weighted by atomic mass is 9.99. The number of hydrogen-bond donors (Lipinski definition) is 0. The molecule has 0 saturated heterocycles. The second-order valence-corrected chi connectivity index (χ2v) is 9.73. The van der Waals surface area contributed by atoms with Gasteiger partial charge in [-0.3, -0.25) is 4.90 Å². The first-order valence-corrected chi connectivity index (χ1v) is 11.4. The molecule has 0 bridgehead atoms. The standard InChI is InChI=1S/C22H27F3IN3O3/c1-21(2,3)32-20(30)28-11-12-29-17(13-31-4)27-19(26)18(29)16(28)10-7-14-5-8-15(9-6-14)22(23,24)25/h5-6,8-9,16H,7,10-13H2,1-4H3. The van der Waals surface area contributed by atoms with Gasteiger partial charge in [0.2, 0.25) is 0 Å². The van der Waals surface area contributed by atoms with E-state index < -0.39 is 23.4 Å². The Hall–Kier alpha value is -1.82. The van der Waals surface area contributed by atoms with E-state index in [9.17, 15) is 18.0 Å². The molecule has 2 heterocycles. The summed E-state index contributed by atoms with van der Waals surface area (Å²) in [6.07, 6.45) is -3.75. The van der Waals surface area contributed by atoms with Crippen molar-refractivity contribution >= 4 is 28.7 Å². The number of imidazole rings is 1. The number of amides is 1. The Bertz CT molecular complexity index is 952. The van der Waals surface area contributed by atoms with E-state index in [-0.39, 0.29) is 6.04 Å². The Morgan fingerprint density at radius 3 is 2.41 bits per heavy atom. The van der Waals surface area contributed by atoms with Crippen LogP contribution in [0.5, 0.6) is 0 Å². The second kappa shape index (κ2) is 9.58. The fourth-order valence-electron chi connectivity index (χ4n) is 3.79. The average molecular weight is 565 g/mol. The molecular weight excluding hydrogens is 538 g/mol. The van der Waals surface area contributed by atoms with Crippen molar-refractivity contribution in [1.82, 2.24) is 14.5 Å². The first kappa shape index (κ1) is 24.8. The molecule has 0 radical (unpaired) electrons. The van der Waals surface area contributed by atoms with Crippen molar-refractivity contribution in [3.63, 3.8) is 0 Å². The van der Waals surface area contributed by atoms with Crippen LogP contribution in [0.15, 0.2) is 24.3 Å². The molecule has 1 aromatic heterocycles. The monoisotopic (exact) mass is 565 g/mol. The number of aryl methyl sites for hydroxylation is 1. The van der Waals surface area contributed by atoms with Gasteiger partial charge in [0.05, 0.1) is 17.3 Å². The quantitative estimate of drug-likeness (QED) is 0.445. The normalized spacial score (nSPS) is 16.8. The molecule has 0 aliphatic carbocycles. The van der Waals surface area contributed by atoms with Gasteiger partial charge in [-0.1, -0.05) is 12.1 Å². The third-order valence-electron chi connectivity index (χ3n) is 5.19. The molecule has 1 aliphatic rings. The van der Waals surface area contributed by atoms with E-state index in [4.69, 9.17) is 9.47 Å². The Kier molecular flexibility index (Phi) is 7.43. The van der Waals surface area contributed by atoms with Crippen molar-refractivity contribution in [2.24, 2.45) is 0 Å². The van der Waals surface area contributed by atoms with Gasteiger partial charge in [-0.15, -0.1) is 0 Å². The van der Waals surface area contributed by atoms with Crippen LogP contribution >= 0.6 is 22.6 Å². The number of carbonyl (C=O) groups excluding carboxylic acids is 1. The smallest absolute Gasteiger partial charge is 0.416 e. The van der Waals surface area contributed by atoms with E-state index in [2.05, 4.69) is 32.1 Å². The molecule has 6 nitrogen and oxygen atoms in total. The zero-order chi connectivity index (χ0) is 23.7. The number of fused-ring (bicyclic) bond motifs is 1. The first-order valence-electron chi connectivity index (χ1n) is 10.3. The van der Waals surface area contributed by atoms with Crippen molar-refractivity contribution in [1.29, 1.82) is 0 Å². The zero-order valence-electron chi connectivity index (χ0n) is 18.5. The van der Waals surface area contributed by atoms with Gasteiger partial charge in [-0.2, -0.15) is 13.2 Å². The number of ether oxygens (including phenoxy) is 2. The lowest BCUT2D eigenvalue weighted by molar-refractivity contribution is -0.137. The summed E-state index contributed by atoms with van der Waals surface area (Å²) in [6, 6.07) is 4.84. The largest absolute Gasteiger partial charge is 0.444 e. The Morgan fingerprint density at radius 2 is 1.84 bits per heavy atom. The van der Waals surface area contributed by atoms with Gasteiger partial charge in [0.15, 0.2) is 0 Å². The van der Waals surface area contributed by atoms with Gasteiger partial charge in [-0.05, 0) is 73.9 Å². The highest BCUT2D eigenvalue weighted by atomic mass is 127. The van der Waals surface area contributed by atoms with Crippen molar-refractivity contribution in [2.45, 2.75) is 64.6 Å². The van der Waals surface area contributed by atoms with Gasteiger partial charge < -0.3 is 14.0 Å². The van der Waals surface area contributed by atoms with Crippen LogP contribution in [0.25, 0.3) is 0 Å². The van der Waals surface area contributed by atoms with Gasteiger partial charge in [-0.25, -0.2) is 9.78 Å². The summed E-state index contributed by atoms with van der Waals surface area (Å²) in [7, 11) is 1.60. The van der Waals surface area contributed by atoms with Crippen LogP contribution in [0.3, 0.4) is 0 Å². The fourth-order valence-corrected chi connectivity index (χ4v) is 4.72. The van der Waals surface area contributed by atoms with Crippen molar-refractivity contribution in [2.75, 3.05) is 13.7 Å². The summed E-state index contributed by atoms with van der Waals surface area (Å²) in [5.41, 5.74) is 0.361. The van der Waals surface area contributed by atoms with Gasteiger partial charge in [0.1, 0.15) is 21.7 Å². The first-order chi connectivity index (χ1) is 14.9. The maximum absolute atomic E-state index is 13.0. The number of carbonyl (C=O) groups is 1. The molecule has 0 N–H and O–H groups in total. The summed E-state index contributed by atoms with van der Waals surface area (Å²) >= 11 is 2.16. The number of halogens is 4. The molecule has 1 aliphatic heterocycles. The predicted molar refractivity (Wildman–Crippen MR) is 121 cm³/mol. The summed E-state index contributed by atoms with van der Waals surface area (Å²) in [6.45, 7) is 6.82. The van der Waals surface area contributed by atoms with Gasteiger partial charge in [0, 0.05) is 20.2 Å². The van der Waals surface area contributed by atoms with Crippen LogP contribution in [0.1, 0.15) is 55.9 Å². The lowest BCUT2D eigenvalue weighted by Crippen LogP contribution is -2.45. The molecule has 1 amide bonds. The molecular formula is C22H27F3IN3O3. The van der Waals surface area contributed by atoms with Crippen LogP contribution in [0.4, 0.5) is 18.0 Å². The number of rotatable bonds is 5. The fraction of sp³-hybridized carbons (Fsp3) is 0.545. The molecule has 2 aromatic rings. The average Bonchev–Trinajstić information content (AvgIpc) is 3.00. The molecule has 3 rings (SSSR count). The van der Waals surface area contributed by atoms with Crippen LogP contribution < -0.4 is 0 Å². The number of aromatic nitrogens is 2. The predicted octanol–water partition coefficient (Wildman–Crippen LogP) is 5.58. The van der Waals surface area contributed by atoms with Crippen molar-refractivity contribution in [3.8, 4) is 0 Å². The molecule has 1 atom stereocenters. The maximum atomic E-state index is 13.0. The summed E-state index contributed by atoms with van der Waals surface area (Å²) in [4.78, 5) is 19.3.